The number of aryl methyl sites for hydroxylation is 1. The van der Waals surface area contributed by atoms with E-state index < -0.39 is 34.4 Å². The maximum absolute atomic E-state index is 15.4. The van der Waals surface area contributed by atoms with Crippen molar-refractivity contribution in [2.45, 2.75) is 64.5 Å². The highest BCUT2D eigenvalue weighted by Crippen LogP contribution is 2.45. The van der Waals surface area contributed by atoms with Gasteiger partial charge in [-0.25, -0.2) is 14.4 Å². The third-order valence-corrected chi connectivity index (χ3v) is 7.14. The number of fused-ring (bicyclic) bond motifs is 2. The van der Waals surface area contributed by atoms with E-state index >= 15 is 4.39 Å². The lowest BCUT2D eigenvalue weighted by atomic mass is 9.85. The normalized spacial score (nSPS) is 16.2. The van der Waals surface area contributed by atoms with Crippen molar-refractivity contribution >= 4 is 28.3 Å². The fraction of sp³-hybridized carbons (Fsp3) is 0.464. The molecule has 0 spiro atoms. The first kappa shape index (κ1) is 27.8. The highest BCUT2D eigenvalue weighted by molar-refractivity contribution is 6.10. The summed E-state index contributed by atoms with van der Waals surface area (Å²) in [4.78, 5) is 23.9. The quantitative estimate of drug-likeness (QED) is 0.407. The first-order chi connectivity index (χ1) is 17.6. The number of nitrogens with zero attached hydrogens (tertiary/aromatic N) is 3. The number of nitrogens with one attached hydrogen (secondary N) is 1. The van der Waals surface area contributed by atoms with Gasteiger partial charge in [0, 0.05) is 30.3 Å². The molecule has 4 rings (SSSR count). The molecule has 0 saturated carbocycles. The van der Waals surface area contributed by atoms with Crippen LogP contribution in [0.1, 0.15) is 63.2 Å². The van der Waals surface area contributed by atoms with E-state index in [2.05, 4.69) is 15.3 Å². The van der Waals surface area contributed by atoms with Crippen LogP contribution in [0.5, 0.6) is 0 Å². The molecule has 1 atom stereocenters. The summed E-state index contributed by atoms with van der Waals surface area (Å²) in [5, 5.41) is 13.7. The first-order valence-electron chi connectivity index (χ1n) is 12.4. The van der Waals surface area contributed by atoms with Gasteiger partial charge in [-0.2, -0.15) is 8.78 Å². The Hall–Kier alpha value is -3.24. The van der Waals surface area contributed by atoms with Crippen LogP contribution in [0.15, 0.2) is 30.3 Å². The summed E-state index contributed by atoms with van der Waals surface area (Å²) in [6.45, 7) is 9.69. The van der Waals surface area contributed by atoms with Crippen LogP contribution in [0, 0.1) is 12.7 Å². The molecule has 0 aliphatic carbocycles. The zero-order valence-corrected chi connectivity index (χ0v) is 22.6. The third-order valence-electron chi connectivity index (χ3n) is 7.14. The number of hydrogen-bond donors (Lipinski definition) is 2. The first-order valence-corrected chi connectivity index (χ1v) is 12.4. The molecule has 1 aliphatic rings. The Bertz CT molecular complexity index is 1400. The van der Waals surface area contributed by atoms with E-state index in [4.69, 9.17) is 4.74 Å². The molecule has 2 aromatic carbocycles. The zero-order chi connectivity index (χ0) is 28.2. The Labute approximate surface area is 220 Å². The highest BCUT2D eigenvalue weighted by Gasteiger charge is 2.49. The van der Waals surface area contributed by atoms with Gasteiger partial charge < -0.3 is 20.1 Å². The molecule has 2 N–H and O–H groups in total. The molecule has 7 nitrogen and oxygen atoms in total. The molecule has 3 aromatic rings. The van der Waals surface area contributed by atoms with E-state index in [0.717, 1.165) is 25.5 Å². The molecule has 1 aliphatic heterocycles. The number of anilines is 2. The van der Waals surface area contributed by atoms with Crippen molar-refractivity contribution < 1.29 is 27.8 Å². The number of carbonyl (C=O) groups is 1. The number of amides is 1. The summed E-state index contributed by atoms with van der Waals surface area (Å²) >= 11 is 0. The molecule has 0 unspecified atom stereocenters. The number of alkyl halides is 2. The average molecular weight is 531 g/mol. The molecule has 0 saturated heterocycles. The van der Waals surface area contributed by atoms with E-state index in [1.54, 1.807) is 25.9 Å². The van der Waals surface area contributed by atoms with E-state index in [9.17, 15) is 18.7 Å². The molecule has 1 aromatic heterocycles. The topological polar surface area (TPSA) is 87.6 Å². The number of aliphatic hydroxyl groups is 1. The van der Waals surface area contributed by atoms with Gasteiger partial charge in [0.2, 0.25) is 5.91 Å². The van der Waals surface area contributed by atoms with Crippen LogP contribution in [0.2, 0.25) is 0 Å². The van der Waals surface area contributed by atoms with Gasteiger partial charge in [-0.1, -0.05) is 12.1 Å². The lowest BCUT2D eigenvalue weighted by Gasteiger charge is -2.30. The van der Waals surface area contributed by atoms with Crippen LogP contribution < -0.4 is 10.2 Å². The minimum Gasteiger partial charge on any atom is -0.384 e. The van der Waals surface area contributed by atoms with Gasteiger partial charge >= 0.3 is 5.92 Å². The van der Waals surface area contributed by atoms with E-state index in [0.29, 0.717) is 41.4 Å². The number of halogens is 3. The van der Waals surface area contributed by atoms with Crippen LogP contribution in [-0.4, -0.2) is 46.8 Å². The molecule has 2 heterocycles. The van der Waals surface area contributed by atoms with E-state index in [1.807, 2.05) is 26.0 Å². The lowest BCUT2D eigenvalue weighted by molar-refractivity contribution is -0.170. The Morgan fingerprint density at radius 1 is 1.21 bits per heavy atom. The van der Waals surface area contributed by atoms with Crippen molar-refractivity contribution in [1.82, 2.24) is 9.97 Å². The Kier molecular flexibility index (Phi) is 6.95. The lowest BCUT2D eigenvalue weighted by Crippen LogP contribution is -2.41. The molecular formula is C28H33F3N4O3. The summed E-state index contributed by atoms with van der Waals surface area (Å²) in [5.74, 6) is -4.14. The van der Waals surface area contributed by atoms with E-state index in [-0.39, 0.29) is 11.5 Å². The number of benzene rings is 2. The number of aromatic nitrogens is 2. The van der Waals surface area contributed by atoms with Crippen LogP contribution in [0.3, 0.4) is 0 Å². The third kappa shape index (κ3) is 4.49. The molecule has 0 fully saturated rings. The van der Waals surface area contributed by atoms with Crippen molar-refractivity contribution in [3.05, 3.63) is 58.7 Å². The molecule has 0 bridgehead atoms. The van der Waals surface area contributed by atoms with Crippen LogP contribution in [0.25, 0.3) is 10.9 Å². The minimum absolute atomic E-state index is 0.00460. The summed E-state index contributed by atoms with van der Waals surface area (Å²) in [6, 6.07) is 6.66. The second kappa shape index (κ2) is 9.50. The Morgan fingerprint density at radius 3 is 2.53 bits per heavy atom. The van der Waals surface area contributed by atoms with Gasteiger partial charge in [0.25, 0.3) is 0 Å². The van der Waals surface area contributed by atoms with Gasteiger partial charge in [-0.3, -0.25) is 4.79 Å². The minimum atomic E-state index is -3.81. The van der Waals surface area contributed by atoms with Crippen LogP contribution in [0.4, 0.5) is 24.7 Å². The van der Waals surface area contributed by atoms with Crippen molar-refractivity contribution in [3.8, 4) is 0 Å². The predicted octanol–water partition coefficient (Wildman–Crippen LogP) is 5.38. The standard InChI is InChI=1S/C28H33F3N4O3/c1-15(17-9-8-10-19(23(17)29)28(30,31)27(5,6)37)32-24-18-13-22-20(14-21(18)33-16(2)34-24)26(3,4)25(36)35(22)11-12-38-7/h8-10,13-15,37H,11-12H2,1-7H3,(H,32,33,34)/t15-/m1/s1. The number of methoxy groups -OCH3 is 1. The van der Waals surface area contributed by atoms with Crippen molar-refractivity contribution in [3.63, 3.8) is 0 Å². The number of ether oxygens (including phenoxy) is 1. The smallest absolute Gasteiger partial charge is 0.303 e. The average Bonchev–Trinajstić information content (AvgIpc) is 3.00. The van der Waals surface area contributed by atoms with Crippen molar-refractivity contribution in [1.29, 1.82) is 0 Å². The predicted molar refractivity (Wildman–Crippen MR) is 140 cm³/mol. The van der Waals surface area contributed by atoms with Gasteiger partial charge in [0.1, 0.15) is 23.1 Å². The van der Waals surface area contributed by atoms with Crippen molar-refractivity contribution in [2.24, 2.45) is 0 Å². The largest absolute Gasteiger partial charge is 0.384 e. The molecule has 0 radical (unpaired) electrons. The summed E-state index contributed by atoms with van der Waals surface area (Å²) in [6.07, 6.45) is 0. The monoisotopic (exact) mass is 530 g/mol. The molecule has 38 heavy (non-hydrogen) atoms. The highest BCUT2D eigenvalue weighted by atomic mass is 19.3. The maximum atomic E-state index is 15.4. The second-order valence-corrected chi connectivity index (χ2v) is 10.8. The summed E-state index contributed by atoms with van der Waals surface area (Å²) in [5.41, 5.74) is -1.96. The van der Waals surface area contributed by atoms with Crippen LogP contribution in [-0.2, 0) is 20.9 Å². The van der Waals surface area contributed by atoms with E-state index in [1.165, 1.54) is 12.1 Å². The molecule has 204 valence electrons. The Morgan fingerprint density at radius 2 is 1.89 bits per heavy atom. The fourth-order valence-electron chi connectivity index (χ4n) is 4.82. The van der Waals surface area contributed by atoms with Crippen LogP contribution >= 0.6 is 0 Å². The Balaban J connectivity index is 1.79. The zero-order valence-electron chi connectivity index (χ0n) is 22.6. The number of carbonyl (C=O) groups excluding carboxylic acids is 1. The maximum Gasteiger partial charge on any atom is 0.303 e. The van der Waals surface area contributed by atoms with Crippen molar-refractivity contribution in [2.75, 3.05) is 30.5 Å². The summed E-state index contributed by atoms with van der Waals surface area (Å²) in [7, 11) is 1.57. The SMILES string of the molecule is COCCN1C(=O)C(C)(C)c2cc3nc(C)nc(N[C@H](C)c4cccc(C(F)(F)C(C)(C)O)c4F)c3cc21. The van der Waals surface area contributed by atoms with Gasteiger partial charge in [-0.15, -0.1) is 0 Å². The van der Waals surface area contributed by atoms with Gasteiger partial charge in [0.05, 0.1) is 29.1 Å². The molecule has 1 amide bonds. The molecule has 10 heteroatoms. The molecular weight excluding hydrogens is 497 g/mol. The van der Waals surface area contributed by atoms with Gasteiger partial charge in [-0.05, 0) is 65.3 Å². The van der Waals surface area contributed by atoms with Gasteiger partial charge in [0.15, 0.2) is 0 Å². The number of hydrogen-bond acceptors (Lipinski definition) is 6. The fourth-order valence-corrected chi connectivity index (χ4v) is 4.82. The second-order valence-electron chi connectivity index (χ2n) is 10.8. The summed E-state index contributed by atoms with van der Waals surface area (Å²) < 4.78 is 50.3. The number of rotatable bonds is 8.